The van der Waals surface area contributed by atoms with Crippen molar-refractivity contribution in [1.82, 2.24) is 30.0 Å². The van der Waals surface area contributed by atoms with Crippen molar-refractivity contribution in [3.05, 3.63) is 83.8 Å². The Morgan fingerprint density at radius 2 is 2.03 bits per heavy atom. The lowest BCUT2D eigenvalue weighted by Gasteiger charge is -2.32. The van der Waals surface area contributed by atoms with Crippen molar-refractivity contribution < 1.29 is 18.0 Å². The van der Waals surface area contributed by atoms with Gasteiger partial charge in [-0.3, -0.25) is 4.79 Å². The van der Waals surface area contributed by atoms with Crippen LogP contribution in [0.3, 0.4) is 0 Å². The molecule has 1 atom stereocenters. The van der Waals surface area contributed by atoms with Crippen molar-refractivity contribution in [2.75, 3.05) is 6.54 Å². The van der Waals surface area contributed by atoms with Gasteiger partial charge in [0, 0.05) is 24.0 Å². The van der Waals surface area contributed by atoms with Crippen molar-refractivity contribution in [1.29, 1.82) is 0 Å². The molecule has 0 spiro atoms. The van der Waals surface area contributed by atoms with Crippen molar-refractivity contribution in [3.8, 4) is 11.6 Å². The maximum absolute atomic E-state index is 13.4. The second kappa shape index (κ2) is 7.12. The zero-order valence-corrected chi connectivity index (χ0v) is 16.5. The number of carbonyl (C=O) groups is 1. The lowest BCUT2D eigenvalue weighted by Crippen LogP contribution is -2.40. The summed E-state index contributed by atoms with van der Waals surface area (Å²) in [6.07, 6.45) is 3.25. The molecule has 1 aliphatic heterocycles. The van der Waals surface area contributed by atoms with Gasteiger partial charge in [-0.15, -0.1) is 10.2 Å². The minimum absolute atomic E-state index is 0.0334. The molecule has 4 aromatic heterocycles. The third-order valence-corrected chi connectivity index (χ3v) is 5.45. The molecule has 1 amide bonds. The van der Waals surface area contributed by atoms with E-state index in [4.69, 9.17) is 8.83 Å². The lowest BCUT2D eigenvalue weighted by atomic mass is 10.00. The SMILES string of the molecule is O=C(c1nnc(-c2ccc(F)cn2)o1)N1CCc2[nH]cnc2[C@H]1c1cc2ccccc2o1. The molecular formula is C22H15FN6O3. The van der Waals surface area contributed by atoms with Gasteiger partial charge in [-0.05, 0) is 24.3 Å². The molecule has 5 aromatic rings. The summed E-state index contributed by atoms with van der Waals surface area (Å²) in [4.78, 5) is 26.5. The number of rotatable bonds is 3. The molecule has 5 heterocycles. The Labute approximate surface area is 179 Å². The number of nitrogens with zero attached hydrogens (tertiary/aromatic N) is 5. The van der Waals surface area contributed by atoms with E-state index >= 15 is 0 Å². The van der Waals surface area contributed by atoms with Gasteiger partial charge in [0.15, 0.2) is 0 Å². The molecule has 1 aromatic carbocycles. The van der Waals surface area contributed by atoms with Crippen LogP contribution in [0.25, 0.3) is 22.6 Å². The second-order valence-corrected chi connectivity index (χ2v) is 7.38. The summed E-state index contributed by atoms with van der Waals surface area (Å²) in [5.74, 6) is -0.504. The number of nitrogens with one attached hydrogen (secondary N) is 1. The molecule has 1 aliphatic rings. The highest BCUT2D eigenvalue weighted by atomic mass is 19.1. The van der Waals surface area contributed by atoms with E-state index in [9.17, 15) is 9.18 Å². The van der Waals surface area contributed by atoms with Crippen LogP contribution in [0, 0.1) is 5.82 Å². The van der Waals surface area contributed by atoms with E-state index in [-0.39, 0.29) is 17.5 Å². The van der Waals surface area contributed by atoms with Gasteiger partial charge in [-0.1, -0.05) is 18.2 Å². The maximum Gasteiger partial charge on any atom is 0.312 e. The number of pyridine rings is 1. The average molecular weight is 430 g/mol. The first kappa shape index (κ1) is 18.4. The largest absolute Gasteiger partial charge is 0.458 e. The number of furan rings is 1. The Hall–Kier alpha value is -4.34. The molecule has 9 nitrogen and oxygen atoms in total. The molecular weight excluding hydrogens is 415 g/mol. The molecule has 0 unspecified atom stereocenters. The minimum Gasteiger partial charge on any atom is -0.458 e. The molecule has 0 radical (unpaired) electrons. The summed E-state index contributed by atoms with van der Waals surface area (Å²) >= 11 is 0. The third kappa shape index (κ3) is 2.96. The second-order valence-electron chi connectivity index (χ2n) is 7.38. The molecule has 0 aliphatic carbocycles. The van der Waals surface area contributed by atoms with E-state index in [0.717, 1.165) is 22.9 Å². The first-order chi connectivity index (χ1) is 15.7. The van der Waals surface area contributed by atoms with Gasteiger partial charge in [-0.25, -0.2) is 14.4 Å². The Morgan fingerprint density at radius 1 is 1.12 bits per heavy atom. The van der Waals surface area contributed by atoms with Crippen molar-refractivity contribution in [2.24, 2.45) is 0 Å². The highest BCUT2D eigenvalue weighted by molar-refractivity contribution is 5.90. The number of amides is 1. The van der Waals surface area contributed by atoms with E-state index in [0.29, 0.717) is 24.4 Å². The van der Waals surface area contributed by atoms with Gasteiger partial charge < -0.3 is 18.7 Å². The van der Waals surface area contributed by atoms with Gasteiger partial charge >= 0.3 is 11.8 Å². The number of carbonyl (C=O) groups excluding carboxylic acids is 1. The molecule has 0 bridgehead atoms. The normalized spacial score (nSPS) is 15.8. The Kier molecular flexibility index (Phi) is 4.10. The van der Waals surface area contributed by atoms with E-state index in [1.54, 1.807) is 11.2 Å². The molecule has 158 valence electrons. The standard InChI is InChI=1S/C22H15FN6O3/c23-13-5-6-15(24-10-13)20-27-28-21(32-20)22(30)29-8-7-14-18(26-11-25-14)19(29)17-9-12-3-1-2-4-16(12)31-17/h1-6,9-11,19H,7-8H2,(H,25,26)/t19-/m1/s1. The molecule has 1 N–H and O–H groups in total. The number of fused-ring (bicyclic) bond motifs is 2. The number of benzene rings is 1. The van der Waals surface area contributed by atoms with Crippen molar-refractivity contribution in [3.63, 3.8) is 0 Å². The van der Waals surface area contributed by atoms with Crippen LogP contribution in [-0.4, -0.2) is 42.5 Å². The predicted molar refractivity (Wildman–Crippen MR) is 109 cm³/mol. The zero-order chi connectivity index (χ0) is 21.7. The molecule has 6 rings (SSSR count). The van der Waals surface area contributed by atoms with Crippen LogP contribution >= 0.6 is 0 Å². The van der Waals surface area contributed by atoms with Gasteiger partial charge in [-0.2, -0.15) is 0 Å². The fourth-order valence-corrected chi connectivity index (χ4v) is 3.96. The van der Waals surface area contributed by atoms with Gasteiger partial charge in [0.2, 0.25) is 0 Å². The fraction of sp³-hybridized carbons (Fsp3) is 0.136. The van der Waals surface area contributed by atoms with Gasteiger partial charge in [0.1, 0.15) is 28.9 Å². The summed E-state index contributed by atoms with van der Waals surface area (Å²) in [5.41, 5.74) is 2.66. The topological polar surface area (TPSA) is 114 Å². The maximum atomic E-state index is 13.4. The third-order valence-electron chi connectivity index (χ3n) is 5.45. The van der Waals surface area contributed by atoms with Crippen molar-refractivity contribution >= 4 is 16.9 Å². The van der Waals surface area contributed by atoms with Crippen LogP contribution < -0.4 is 0 Å². The molecule has 32 heavy (non-hydrogen) atoms. The van der Waals surface area contributed by atoms with Crippen LogP contribution in [0.4, 0.5) is 4.39 Å². The average Bonchev–Trinajstić information content (AvgIpc) is 3.57. The Bertz CT molecular complexity index is 1400. The number of H-pyrrole nitrogens is 1. The van der Waals surface area contributed by atoms with Crippen LogP contribution in [-0.2, 0) is 6.42 Å². The van der Waals surface area contributed by atoms with Crippen LogP contribution in [0.2, 0.25) is 0 Å². The first-order valence-electron chi connectivity index (χ1n) is 9.94. The lowest BCUT2D eigenvalue weighted by molar-refractivity contribution is 0.0632. The van der Waals surface area contributed by atoms with Crippen LogP contribution in [0.1, 0.15) is 33.9 Å². The number of aromatic amines is 1. The molecule has 0 saturated heterocycles. The minimum atomic E-state index is -0.552. The predicted octanol–water partition coefficient (Wildman–Crippen LogP) is 3.53. The quantitative estimate of drug-likeness (QED) is 0.466. The van der Waals surface area contributed by atoms with Gasteiger partial charge in [0.25, 0.3) is 5.89 Å². The number of hydrogen-bond acceptors (Lipinski definition) is 7. The summed E-state index contributed by atoms with van der Waals surface area (Å²) in [5, 5.41) is 8.74. The summed E-state index contributed by atoms with van der Waals surface area (Å²) in [6.45, 7) is 0.405. The summed E-state index contributed by atoms with van der Waals surface area (Å²) in [7, 11) is 0. The number of hydrogen-bond donors (Lipinski definition) is 1. The van der Waals surface area contributed by atoms with Gasteiger partial charge in [0.05, 0.1) is 18.2 Å². The number of aromatic nitrogens is 5. The van der Waals surface area contributed by atoms with Crippen molar-refractivity contribution in [2.45, 2.75) is 12.5 Å². The fourth-order valence-electron chi connectivity index (χ4n) is 3.96. The molecule has 10 heteroatoms. The summed E-state index contributed by atoms with van der Waals surface area (Å²) < 4.78 is 24.8. The van der Waals surface area contributed by atoms with E-state index < -0.39 is 17.8 Å². The number of para-hydroxylation sites is 1. The highest BCUT2D eigenvalue weighted by Crippen LogP contribution is 2.37. The van der Waals surface area contributed by atoms with E-state index in [2.05, 4.69) is 25.1 Å². The van der Waals surface area contributed by atoms with E-state index in [1.807, 2.05) is 30.3 Å². The zero-order valence-electron chi connectivity index (χ0n) is 16.5. The molecule has 0 fully saturated rings. The Balaban J connectivity index is 1.38. The van der Waals surface area contributed by atoms with E-state index in [1.165, 1.54) is 12.1 Å². The number of imidazole rings is 1. The molecule has 0 saturated carbocycles. The number of halogens is 1. The monoisotopic (exact) mass is 430 g/mol. The first-order valence-corrected chi connectivity index (χ1v) is 9.94. The smallest absolute Gasteiger partial charge is 0.312 e. The van der Waals surface area contributed by atoms with Crippen LogP contribution in [0.5, 0.6) is 0 Å². The highest BCUT2D eigenvalue weighted by Gasteiger charge is 2.38. The summed E-state index contributed by atoms with van der Waals surface area (Å²) in [6, 6.07) is 11.6. The van der Waals surface area contributed by atoms with Crippen LogP contribution in [0.15, 0.2) is 63.8 Å². The Morgan fingerprint density at radius 3 is 2.88 bits per heavy atom.